The third-order valence-electron chi connectivity index (χ3n) is 5.41. The third-order valence-corrected chi connectivity index (χ3v) is 5.41. The Balaban J connectivity index is 1.62. The SMILES string of the molecule is Cc1ccc(C[C@H](NC(=O)C(C)(F)C(=O)NCc2cccc(-c3ccccc3)n2)B(O)O)cc1. The van der Waals surface area contributed by atoms with Crippen molar-refractivity contribution in [2.75, 3.05) is 0 Å². The van der Waals surface area contributed by atoms with Crippen molar-refractivity contribution in [3.8, 4) is 11.3 Å². The van der Waals surface area contributed by atoms with E-state index in [1.165, 1.54) is 0 Å². The summed E-state index contributed by atoms with van der Waals surface area (Å²) in [5.74, 6) is -3.61. The highest BCUT2D eigenvalue weighted by molar-refractivity contribution is 6.43. The molecule has 1 aromatic heterocycles. The Hall–Kier alpha value is -3.56. The lowest BCUT2D eigenvalue weighted by Crippen LogP contribution is -2.57. The molecule has 2 aromatic carbocycles. The molecule has 3 aromatic rings. The molecule has 0 aliphatic rings. The summed E-state index contributed by atoms with van der Waals surface area (Å²) in [5.41, 5.74) is 0.895. The summed E-state index contributed by atoms with van der Waals surface area (Å²) in [7, 11) is -1.94. The van der Waals surface area contributed by atoms with Gasteiger partial charge in [0.25, 0.3) is 17.5 Å². The van der Waals surface area contributed by atoms with E-state index in [2.05, 4.69) is 15.6 Å². The first-order chi connectivity index (χ1) is 16.2. The Bertz CT molecular complexity index is 1120. The molecule has 2 amide bonds. The number of aryl methyl sites for hydroxylation is 1. The summed E-state index contributed by atoms with van der Waals surface area (Å²) in [5, 5.41) is 24.0. The average Bonchev–Trinajstić information content (AvgIpc) is 2.84. The van der Waals surface area contributed by atoms with E-state index in [4.69, 9.17) is 0 Å². The highest BCUT2D eigenvalue weighted by Gasteiger charge is 2.43. The molecule has 0 bridgehead atoms. The van der Waals surface area contributed by atoms with Crippen LogP contribution in [-0.4, -0.2) is 45.6 Å². The normalized spacial score (nSPS) is 13.4. The van der Waals surface area contributed by atoms with Crippen LogP contribution in [0.25, 0.3) is 11.3 Å². The number of halogens is 1. The number of amides is 2. The van der Waals surface area contributed by atoms with E-state index in [-0.39, 0.29) is 13.0 Å². The highest BCUT2D eigenvalue weighted by Crippen LogP contribution is 2.17. The topological polar surface area (TPSA) is 112 Å². The van der Waals surface area contributed by atoms with Crippen LogP contribution in [0.1, 0.15) is 23.7 Å². The Labute approximate surface area is 198 Å². The van der Waals surface area contributed by atoms with E-state index < -0.39 is 30.5 Å². The van der Waals surface area contributed by atoms with Crippen LogP contribution in [0.4, 0.5) is 4.39 Å². The zero-order valence-electron chi connectivity index (χ0n) is 19.0. The maximum atomic E-state index is 15.1. The molecule has 0 aliphatic carbocycles. The van der Waals surface area contributed by atoms with Gasteiger partial charge in [0.05, 0.1) is 23.9 Å². The van der Waals surface area contributed by atoms with Gasteiger partial charge in [-0.15, -0.1) is 0 Å². The molecule has 9 heteroatoms. The van der Waals surface area contributed by atoms with Gasteiger partial charge in [-0.3, -0.25) is 14.6 Å². The molecule has 2 atom stereocenters. The van der Waals surface area contributed by atoms with E-state index in [1.807, 2.05) is 55.5 Å². The number of rotatable bonds is 9. The lowest BCUT2D eigenvalue weighted by molar-refractivity contribution is -0.144. The molecule has 176 valence electrons. The summed E-state index contributed by atoms with van der Waals surface area (Å²) in [6, 6.07) is 22.0. The summed E-state index contributed by atoms with van der Waals surface area (Å²) in [6.07, 6.45) is 0.0532. The van der Waals surface area contributed by atoms with E-state index >= 15 is 4.39 Å². The number of alkyl halides is 1. The maximum Gasteiger partial charge on any atom is 0.475 e. The van der Waals surface area contributed by atoms with Gasteiger partial charge in [-0.25, -0.2) is 4.39 Å². The molecule has 0 saturated heterocycles. The van der Waals surface area contributed by atoms with Crippen molar-refractivity contribution in [2.24, 2.45) is 0 Å². The molecule has 1 heterocycles. The molecule has 0 aliphatic heterocycles. The maximum absolute atomic E-state index is 15.1. The van der Waals surface area contributed by atoms with Crippen LogP contribution in [0.3, 0.4) is 0 Å². The quantitative estimate of drug-likeness (QED) is 0.287. The molecule has 7 nitrogen and oxygen atoms in total. The van der Waals surface area contributed by atoms with Crippen molar-refractivity contribution in [1.29, 1.82) is 0 Å². The minimum atomic E-state index is -2.93. The van der Waals surface area contributed by atoms with Gasteiger partial charge in [-0.2, -0.15) is 0 Å². The molecule has 3 rings (SSSR count). The number of pyridine rings is 1. The molecule has 0 spiro atoms. The van der Waals surface area contributed by atoms with Crippen molar-refractivity contribution < 1.29 is 24.0 Å². The van der Waals surface area contributed by atoms with Crippen molar-refractivity contribution >= 4 is 18.9 Å². The fourth-order valence-electron chi connectivity index (χ4n) is 3.30. The molecule has 0 radical (unpaired) electrons. The molecule has 4 N–H and O–H groups in total. The van der Waals surface area contributed by atoms with E-state index in [1.54, 1.807) is 24.3 Å². The highest BCUT2D eigenvalue weighted by atomic mass is 19.1. The van der Waals surface area contributed by atoms with Crippen molar-refractivity contribution in [2.45, 2.75) is 38.4 Å². The molecule has 0 saturated carbocycles. The Morgan fingerprint density at radius 3 is 2.32 bits per heavy atom. The molecule has 34 heavy (non-hydrogen) atoms. The first kappa shape index (κ1) is 25.1. The van der Waals surface area contributed by atoms with Crippen LogP contribution in [-0.2, 0) is 22.6 Å². The van der Waals surface area contributed by atoms with Gasteiger partial charge in [0.2, 0.25) is 0 Å². The monoisotopic (exact) mass is 463 g/mol. The lowest BCUT2D eigenvalue weighted by atomic mass is 9.75. The second kappa shape index (κ2) is 11.0. The van der Waals surface area contributed by atoms with Crippen LogP contribution >= 0.6 is 0 Å². The first-order valence-corrected chi connectivity index (χ1v) is 10.9. The molecular weight excluding hydrogens is 436 g/mol. The number of nitrogens with one attached hydrogen (secondary N) is 2. The number of aromatic nitrogens is 1. The van der Waals surface area contributed by atoms with Crippen molar-refractivity contribution in [1.82, 2.24) is 15.6 Å². The van der Waals surface area contributed by atoms with E-state index in [9.17, 15) is 19.6 Å². The standard InChI is InChI=1S/C25H27BFN3O4/c1-17-11-13-18(14-12-17)15-22(26(33)34)30-24(32)25(2,27)23(31)28-16-20-9-6-10-21(29-20)19-7-4-3-5-8-19/h3-14,22,33-34H,15-16H2,1-2H3,(H,28,31)(H,30,32)/t22-,25?/m0/s1. The Morgan fingerprint density at radius 2 is 1.68 bits per heavy atom. The minimum Gasteiger partial charge on any atom is -0.426 e. The smallest absolute Gasteiger partial charge is 0.426 e. The average molecular weight is 463 g/mol. The first-order valence-electron chi connectivity index (χ1n) is 10.9. The Kier molecular flexibility index (Phi) is 8.15. The molecular formula is C25H27BFN3O4. The van der Waals surface area contributed by atoms with Gasteiger partial charge in [0, 0.05) is 5.56 Å². The summed E-state index contributed by atoms with van der Waals surface area (Å²) >= 11 is 0. The van der Waals surface area contributed by atoms with Crippen LogP contribution < -0.4 is 10.6 Å². The minimum absolute atomic E-state index is 0.0532. The largest absolute Gasteiger partial charge is 0.475 e. The second-order valence-corrected chi connectivity index (χ2v) is 8.25. The fraction of sp³-hybridized carbons (Fsp3) is 0.240. The predicted octanol–water partition coefficient (Wildman–Crippen LogP) is 2.14. The predicted molar refractivity (Wildman–Crippen MR) is 128 cm³/mol. The number of benzene rings is 2. The van der Waals surface area contributed by atoms with Gasteiger partial charge in [-0.05, 0) is 38.0 Å². The van der Waals surface area contributed by atoms with Crippen molar-refractivity contribution in [3.63, 3.8) is 0 Å². The van der Waals surface area contributed by atoms with E-state index in [0.717, 1.165) is 23.6 Å². The second-order valence-electron chi connectivity index (χ2n) is 8.25. The number of nitrogens with zero attached hydrogens (tertiary/aromatic N) is 1. The van der Waals surface area contributed by atoms with Crippen molar-refractivity contribution in [3.05, 3.63) is 89.6 Å². The summed E-state index contributed by atoms with van der Waals surface area (Å²) in [4.78, 5) is 29.5. The van der Waals surface area contributed by atoms with E-state index in [0.29, 0.717) is 11.4 Å². The van der Waals surface area contributed by atoms with Gasteiger partial charge in [-0.1, -0.05) is 66.2 Å². The van der Waals surface area contributed by atoms with Crippen LogP contribution in [0.5, 0.6) is 0 Å². The van der Waals surface area contributed by atoms with Gasteiger partial charge >= 0.3 is 7.12 Å². The number of carbonyl (C=O) groups excluding carboxylic acids is 2. The summed E-state index contributed by atoms with van der Waals surface area (Å²) < 4.78 is 15.1. The van der Waals surface area contributed by atoms with Crippen LogP contribution in [0.15, 0.2) is 72.8 Å². The van der Waals surface area contributed by atoms with Gasteiger partial charge in [0.15, 0.2) is 0 Å². The molecule has 1 unspecified atom stereocenters. The Morgan fingerprint density at radius 1 is 1.00 bits per heavy atom. The summed E-state index contributed by atoms with van der Waals surface area (Å²) in [6.45, 7) is 2.66. The number of carbonyl (C=O) groups is 2. The lowest BCUT2D eigenvalue weighted by Gasteiger charge is -2.24. The fourth-order valence-corrected chi connectivity index (χ4v) is 3.30. The third kappa shape index (κ3) is 6.49. The van der Waals surface area contributed by atoms with Crippen LogP contribution in [0, 0.1) is 6.92 Å². The number of hydrogen-bond donors (Lipinski definition) is 4. The van der Waals surface area contributed by atoms with Gasteiger partial charge < -0.3 is 20.7 Å². The number of hydrogen-bond acceptors (Lipinski definition) is 5. The van der Waals surface area contributed by atoms with Gasteiger partial charge in [0.1, 0.15) is 0 Å². The van der Waals surface area contributed by atoms with Crippen LogP contribution in [0.2, 0.25) is 0 Å². The zero-order valence-corrected chi connectivity index (χ0v) is 19.0. The zero-order chi connectivity index (χ0) is 24.7. The molecule has 0 fully saturated rings.